The van der Waals surface area contributed by atoms with E-state index in [1.165, 1.54) is 52.7 Å². The Bertz CT molecular complexity index is 1370. The van der Waals surface area contributed by atoms with Gasteiger partial charge in [-0.05, 0) is 60.7 Å². The predicted molar refractivity (Wildman–Crippen MR) is 153 cm³/mol. The number of benzene rings is 3. The lowest BCUT2D eigenvalue weighted by Gasteiger charge is -2.26. The van der Waals surface area contributed by atoms with E-state index in [1.807, 2.05) is 24.3 Å². The molecule has 3 aromatic rings. The molecule has 0 fully saturated rings. The van der Waals surface area contributed by atoms with E-state index in [4.69, 9.17) is 30.5 Å². The molecule has 1 N–H and O–H groups in total. The molecular formula is C27H31ClN2O7S2. The van der Waals surface area contributed by atoms with Gasteiger partial charge >= 0.3 is 0 Å². The molecule has 0 saturated carbocycles. The van der Waals surface area contributed by atoms with Crippen LogP contribution in [0.5, 0.6) is 23.0 Å². The first kappa shape index (κ1) is 30.3. The lowest BCUT2D eigenvalue weighted by atomic mass is 10.2. The van der Waals surface area contributed by atoms with Crippen LogP contribution in [-0.4, -0.2) is 61.6 Å². The highest BCUT2D eigenvalue weighted by Gasteiger charge is 2.31. The third-order valence-corrected chi connectivity index (χ3v) is 8.72. The number of methoxy groups -OCH3 is 4. The van der Waals surface area contributed by atoms with Crippen molar-refractivity contribution >= 4 is 45.0 Å². The monoisotopic (exact) mass is 594 g/mol. The molecule has 3 aromatic carbocycles. The molecule has 0 aliphatic rings. The molecule has 0 saturated heterocycles. The maximum Gasteiger partial charge on any atom is 0.265 e. The summed E-state index contributed by atoms with van der Waals surface area (Å²) in [6.45, 7) is -0.108. The van der Waals surface area contributed by atoms with Crippen LogP contribution >= 0.6 is 23.4 Å². The summed E-state index contributed by atoms with van der Waals surface area (Å²) in [7, 11) is 1.50. The van der Waals surface area contributed by atoms with Crippen LogP contribution in [0.1, 0.15) is 6.42 Å². The number of halogens is 1. The smallest absolute Gasteiger partial charge is 0.265 e. The Morgan fingerprint density at radius 2 is 1.54 bits per heavy atom. The minimum atomic E-state index is -4.25. The highest BCUT2D eigenvalue weighted by Crippen LogP contribution is 2.37. The predicted octanol–water partition coefficient (Wildman–Crippen LogP) is 4.87. The number of carbonyl (C=O) groups excluding carboxylic acids is 1. The number of thioether (sulfide) groups is 1. The van der Waals surface area contributed by atoms with Crippen LogP contribution in [0.25, 0.3) is 0 Å². The van der Waals surface area contributed by atoms with Crippen molar-refractivity contribution in [3.8, 4) is 23.0 Å². The van der Waals surface area contributed by atoms with Crippen molar-refractivity contribution in [2.24, 2.45) is 0 Å². The second-order valence-corrected chi connectivity index (χ2v) is 11.5. The first-order valence-corrected chi connectivity index (χ1v) is 14.7. The molecule has 1 amide bonds. The molecule has 210 valence electrons. The number of sulfonamides is 1. The average Bonchev–Trinajstić information content (AvgIpc) is 2.95. The lowest BCUT2D eigenvalue weighted by molar-refractivity contribution is -0.119. The molecule has 9 nitrogen and oxygen atoms in total. The summed E-state index contributed by atoms with van der Waals surface area (Å²) in [4.78, 5) is 14.0. The van der Waals surface area contributed by atoms with E-state index in [0.29, 0.717) is 29.5 Å². The summed E-state index contributed by atoms with van der Waals surface area (Å²) in [5.41, 5.74) is 0.153. The van der Waals surface area contributed by atoms with E-state index in [9.17, 15) is 13.2 Å². The largest absolute Gasteiger partial charge is 0.497 e. The van der Waals surface area contributed by atoms with Gasteiger partial charge in [-0.2, -0.15) is 0 Å². The van der Waals surface area contributed by atoms with Gasteiger partial charge in [0.05, 0.1) is 39.0 Å². The van der Waals surface area contributed by atoms with Crippen LogP contribution < -0.4 is 28.6 Å². The second kappa shape index (κ2) is 14.2. The van der Waals surface area contributed by atoms with E-state index in [-0.39, 0.29) is 22.1 Å². The fourth-order valence-corrected chi connectivity index (χ4v) is 6.02. The van der Waals surface area contributed by atoms with Crippen molar-refractivity contribution in [1.82, 2.24) is 5.32 Å². The summed E-state index contributed by atoms with van der Waals surface area (Å²) >= 11 is 7.56. The molecule has 0 aliphatic carbocycles. The van der Waals surface area contributed by atoms with Crippen LogP contribution in [0.4, 0.5) is 5.69 Å². The molecule has 12 heteroatoms. The van der Waals surface area contributed by atoms with E-state index < -0.39 is 22.5 Å². The number of hydrogen-bond donors (Lipinski definition) is 1. The van der Waals surface area contributed by atoms with Gasteiger partial charge in [0.1, 0.15) is 18.0 Å². The zero-order valence-electron chi connectivity index (χ0n) is 22.1. The number of nitrogens with one attached hydrogen (secondary N) is 1. The van der Waals surface area contributed by atoms with Crippen LogP contribution in [0.3, 0.4) is 0 Å². The number of hydrogen-bond acceptors (Lipinski definition) is 8. The Hall–Kier alpha value is -3.28. The number of rotatable bonds is 14. The Morgan fingerprint density at radius 3 is 2.18 bits per heavy atom. The number of ether oxygens (including phenoxy) is 4. The summed E-state index contributed by atoms with van der Waals surface area (Å²) in [6.07, 6.45) is 0.684. The van der Waals surface area contributed by atoms with E-state index in [1.54, 1.807) is 23.9 Å². The zero-order chi connectivity index (χ0) is 28.4. The molecule has 0 atom stereocenters. The van der Waals surface area contributed by atoms with Crippen molar-refractivity contribution < 1.29 is 32.2 Å². The van der Waals surface area contributed by atoms with Gasteiger partial charge in [0.2, 0.25) is 5.91 Å². The number of nitrogens with zero attached hydrogens (tertiary/aromatic N) is 1. The summed E-state index contributed by atoms with van der Waals surface area (Å²) in [6, 6.07) is 16.5. The second-order valence-electron chi connectivity index (χ2n) is 8.07. The highest BCUT2D eigenvalue weighted by molar-refractivity contribution is 7.99. The zero-order valence-corrected chi connectivity index (χ0v) is 24.5. The molecule has 0 bridgehead atoms. The van der Waals surface area contributed by atoms with Gasteiger partial charge < -0.3 is 24.3 Å². The number of anilines is 1. The minimum Gasteiger partial charge on any atom is -0.497 e. The normalized spacial score (nSPS) is 11.0. The first-order chi connectivity index (χ1) is 18.7. The molecule has 0 unspecified atom stereocenters. The molecule has 39 heavy (non-hydrogen) atoms. The van der Waals surface area contributed by atoms with Crippen molar-refractivity contribution in [2.45, 2.75) is 16.2 Å². The molecular weight excluding hydrogens is 564 g/mol. The average molecular weight is 595 g/mol. The molecule has 0 aromatic heterocycles. The standard InChI is InChI=1S/C27H31ClN2O7S2/c1-34-20-8-12-24(35-2)23(16-20)30(39(32,33)22-11-13-25(36-3)26(17-22)37-4)18-27(31)29-14-5-15-38-21-9-6-19(28)7-10-21/h6-13,16-17H,5,14-15,18H2,1-4H3,(H,29,31). The van der Waals surface area contributed by atoms with Gasteiger partial charge in [-0.25, -0.2) is 8.42 Å². The Morgan fingerprint density at radius 1 is 0.872 bits per heavy atom. The van der Waals surface area contributed by atoms with Gasteiger partial charge in [-0.15, -0.1) is 11.8 Å². The third kappa shape index (κ3) is 7.87. The van der Waals surface area contributed by atoms with Gasteiger partial charge in [0, 0.05) is 28.6 Å². The lowest BCUT2D eigenvalue weighted by Crippen LogP contribution is -2.41. The van der Waals surface area contributed by atoms with Gasteiger partial charge in [-0.1, -0.05) is 11.6 Å². The Labute approximate surface area is 238 Å². The Kier molecular flexibility index (Phi) is 11.0. The van der Waals surface area contributed by atoms with Crippen LogP contribution in [0, 0.1) is 0 Å². The third-order valence-electron chi connectivity index (χ3n) is 5.61. The number of carbonyl (C=O) groups is 1. The van der Waals surface area contributed by atoms with Gasteiger partial charge in [0.25, 0.3) is 10.0 Å². The quantitative estimate of drug-likeness (QED) is 0.208. The van der Waals surface area contributed by atoms with Crippen LogP contribution in [0.15, 0.2) is 70.5 Å². The summed E-state index contributed by atoms with van der Waals surface area (Å²) in [5.74, 6) is 1.56. The van der Waals surface area contributed by atoms with Crippen molar-refractivity contribution in [2.75, 3.05) is 51.6 Å². The Balaban J connectivity index is 1.82. The first-order valence-electron chi connectivity index (χ1n) is 11.8. The fourth-order valence-electron chi connectivity index (χ4n) is 3.60. The maximum absolute atomic E-state index is 13.9. The molecule has 0 spiro atoms. The van der Waals surface area contributed by atoms with Crippen LogP contribution in [-0.2, 0) is 14.8 Å². The van der Waals surface area contributed by atoms with E-state index in [2.05, 4.69) is 5.32 Å². The van der Waals surface area contributed by atoms with E-state index >= 15 is 0 Å². The van der Waals surface area contributed by atoms with E-state index in [0.717, 1.165) is 15.0 Å². The topological polar surface area (TPSA) is 103 Å². The SMILES string of the molecule is COc1ccc(OC)c(N(CC(=O)NCCCSc2ccc(Cl)cc2)S(=O)(=O)c2ccc(OC)c(OC)c2)c1. The highest BCUT2D eigenvalue weighted by atomic mass is 35.5. The maximum atomic E-state index is 13.9. The molecule has 3 rings (SSSR count). The van der Waals surface area contributed by atoms with Gasteiger partial charge in [-0.3, -0.25) is 9.10 Å². The summed E-state index contributed by atoms with van der Waals surface area (Å²) in [5, 5.41) is 3.49. The number of amides is 1. The van der Waals surface area contributed by atoms with Gasteiger partial charge in [0.15, 0.2) is 11.5 Å². The molecule has 0 radical (unpaired) electrons. The van der Waals surface area contributed by atoms with Crippen molar-refractivity contribution in [1.29, 1.82) is 0 Å². The molecule has 0 heterocycles. The van der Waals surface area contributed by atoms with Crippen LogP contribution in [0.2, 0.25) is 5.02 Å². The summed E-state index contributed by atoms with van der Waals surface area (Å²) < 4.78 is 50.1. The molecule has 0 aliphatic heterocycles. The van der Waals surface area contributed by atoms with Crippen molar-refractivity contribution in [3.63, 3.8) is 0 Å². The minimum absolute atomic E-state index is 0.0859. The fraction of sp³-hybridized carbons (Fsp3) is 0.296. The van der Waals surface area contributed by atoms with Crippen molar-refractivity contribution in [3.05, 3.63) is 65.7 Å².